The molecule has 1 aromatic carbocycles. The molecule has 0 spiro atoms. The first kappa shape index (κ1) is 22.3. The number of nitriles is 1. The number of nitrogens with one attached hydrogen (secondary N) is 2. The van der Waals surface area contributed by atoms with Crippen molar-refractivity contribution in [3.63, 3.8) is 0 Å². The molecule has 4 rings (SSSR count). The van der Waals surface area contributed by atoms with Crippen molar-refractivity contribution in [2.75, 3.05) is 18.4 Å². The van der Waals surface area contributed by atoms with E-state index in [2.05, 4.69) is 60.4 Å². The summed E-state index contributed by atoms with van der Waals surface area (Å²) in [6.45, 7) is 3.52. The van der Waals surface area contributed by atoms with Crippen molar-refractivity contribution in [2.24, 2.45) is 0 Å². The Morgan fingerprint density at radius 2 is 2.16 bits per heavy atom. The van der Waals surface area contributed by atoms with Crippen LogP contribution in [0.15, 0.2) is 23.0 Å². The van der Waals surface area contributed by atoms with E-state index in [9.17, 15) is 10.1 Å². The maximum atomic E-state index is 13.6. The Morgan fingerprint density at radius 3 is 2.87 bits per heavy atom. The molecule has 1 aliphatic heterocycles. The van der Waals surface area contributed by atoms with Crippen LogP contribution in [0.5, 0.6) is 0 Å². The van der Waals surface area contributed by atoms with Gasteiger partial charge in [0.15, 0.2) is 0 Å². The fourth-order valence-corrected chi connectivity index (χ4v) is 5.41. The van der Waals surface area contributed by atoms with E-state index in [0.29, 0.717) is 48.8 Å². The van der Waals surface area contributed by atoms with Crippen LogP contribution in [0.1, 0.15) is 43.2 Å². The Balaban J connectivity index is 1.87. The molecule has 31 heavy (non-hydrogen) atoms. The number of halogens is 1. The number of benzene rings is 1. The molecule has 1 fully saturated rings. The molecular formula is C20H18As2ClN7O. The third-order valence-corrected chi connectivity index (χ3v) is 6.69. The van der Waals surface area contributed by atoms with Gasteiger partial charge in [-0.25, -0.2) is 0 Å². The summed E-state index contributed by atoms with van der Waals surface area (Å²) in [6.07, 6.45) is 1.84. The summed E-state index contributed by atoms with van der Waals surface area (Å²) in [7, 11) is 0. The Labute approximate surface area is 201 Å². The number of hydrogen-bond acceptors (Lipinski definition) is 7. The molecule has 8 nitrogen and oxygen atoms in total. The molecule has 0 amide bonds. The van der Waals surface area contributed by atoms with Gasteiger partial charge < -0.3 is 0 Å². The Bertz CT molecular complexity index is 1250. The van der Waals surface area contributed by atoms with E-state index < -0.39 is 0 Å². The van der Waals surface area contributed by atoms with Gasteiger partial charge in [-0.15, -0.1) is 0 Å². The van der Waals surface area contributed by atoms with Gasteiger partial charge in [0, 0.05) is 0 Å². The summed E-state index contributed by atoms with van der Waals surface area (Å²) in [5.74, 6) is 0.986. The van der Waals surface area contributed by atoms with Crippen LogP contribution in [0, 0.1) is 11.3 Å². The number of piperidine rings is 1. The van der Waals surface area contributed by atoms with Crippen molar-refractivity contribution in [3.05, 3.63) is 45.0 Å². The fraction of sp³-hybridized carbons (Fsp3) is 0.350. The number of rotatable bonds is 4. The van der Waals surface area contributed by atoms with E-state index in [1.165, 1.54) is 0 Å². The molecule has 156 valence electrons. The summed E-state index contributed by atoms with van der Waals surface area (Å²) in [4.78, 5) is 27.0. The molecule has 0 saturated carbocycles. The molecule has 2 aromatic heterocycles. The Kier molecular flexibility index (Phi) is 6.69. The van der Waals surface area contributed by atoms with Gasteiger partial charge in [0.25, 0.3) is 0 Å². The van der Waals surface area contributed by atoms with Gasteiger partial charge >= 0.3 is 203 Å². The van der Waals surface area contributed by atoms with Crippen LogP contribution in [0.25, 0.3) is 10.9 Å². The van der Waals surface area contributed by atoms with Crippen LogP contribution in [0.3, 0.4) is 0 Å². The van der Waals surface area contributed by atoms with E-state index in [1.807, 2.05) is 6.92 Å². The molecule has 0 bridgehead atoms. The van der Waals surface area contributed by atoms with Gasteiger partial charge in [-0.2, -0.15) is 0 Å². The molecular weight excluding hydrogens is 540 g/mol. The number of fused-ring (bicyclic) bond motifs is 1. The third-order valence-electron chi connectivity index (χ3n) is 5.27. The number of anilines is 1. The first-order valence-corrected chi connectivity index (χ1v) is 12.0. The van der Waals surface area contributed by atoms with Crippen molar-refractivity contribution in [3.8, 4) is 6.07 Å². The predicted octanol–water partition coefficient (Wildman–Crippen LogP) is 0.397. The molecule has 0 aliphatic carbocycles. The fourth-order valence-electron chi connectivity index (χ4n) is 3.85. The quantitative estimate of drug-likeness (QED) is 0.447. The molecule has 0 unspecified atom stereocenters. The minimum atomic E-state index is -0.390. The second kappa shape index (κ2) is 9.30. The van der Waals surface area contributed by atoms with Crippen LogP contribution in [0.4, 0.5) is 5.82 Å². The first-order chi connectivity index (χ1) is 14.9. The Morgan fingerprint density at radius 1 is 1.35 bits per heavy atom. The van der Waals surface area contributed by atoms with Gasteiger partial charge in [-0.1, -0.05) is 0 Å². The summed E-state index contributed by atoms with van der Waals surface area (Å²) in [6, 6.07) is 7.00. The number of aromatic nitrogens is 4. The zero-order valence-corrected chi connectivity index (χ0v) is 21.1. The summed E-state index contributed by atoms with van der Waals surface area (Å²) in [5.41, 5.74) is 0.737. The van der Waals surface area contributed by atoms with Crippen LogP contribution in [-0.2, 0) is 0 Å². The minimum absolute atomic E-state index is 0.0358. The molecule has 2 atom stereocenters. The molecule has 4 radical (unpaired) electrons. The maximum absolute atomic E-state index is 13.6. The summed E-state index contributed by atoms with van der Waals surface area (Å²) >= 11 is 10.9. The monoisotopic (exact) mass is 557 g/mol. The molecule has 11 heteroatoms. The zero-order valence-electron chi connectivity index (χ0n) is 16.6. The second-order valence-electron chi connectivity index (χ2n) is 7.33. The average Bonchev–Trinajstić information content (AvgIpc) is 2.74. The molecule has 1 saturated heterocycles. The normalized spacial score (nSPS) is 17.3. The third kappa shape index (κ3) is 4.38. The SMILES string of the molecule is C[C@H](Nc1nc([As])nc([As])c1C#N)c1nc2cccc(Cl)c2c(=O)n1[C@H]1CCCNC1. The van der Waals surface area contributed by atoms with Crippen LogP contribution < -0.4 is 25.3 Å². The number of hydrogen-bond donors (Lipinski definition) is 2. The van der Waals surface area contributed by atoms with Gasteiger partial charge in [-0.05, 0) is 0 Å². The van der Waals surface area contributed by atoms with Gasteiger partial charge in [-0.3, -0.25) is 0 Å². The van der Waals surface area contributed by atoms with Crippen molar-refractivity contribution in [1.82, 2.24) is 24.8 Å². The van der Waals surface area contributed by atoms with Crippen molar-refractivity contribution < 1.29 is 0 Å². The first-order valence-electron chi connectivity index (χ1n) is 9.78. The van der Waals surface area contributed by atoms with Crippen LogP contribution in [-0.4, -0.2) is 66.3 Å². The van der Waals surface area contributed by atoms with Crippen LogP contribution >= 0.6 is 11.6 Å². The van der Waals surface area contributed by atoms with Crippen molar-refractivity contribution in [2.45, 2.75) is 31.8 Å². The van der Waals surface area contributed by atoms with E-state index in [0.717, 1.165) is 19.4 Å². The standard InChI is InChI=1S/C20H18As2ClN7O/c1-10(26-17-12(8-24)16(21)28-20(22)29-17)18-27-14-6-2-5-13(23)15(14)19(31)30(18)11-4-3-7-25-9-11/h2,5-6,10-11,25H,3-4,7,9H2,1H3,(H,26,28,29)/t10-,11-/m0/s1. The zero-order chi connectivity index (χ0) is 22.1. The topological polar surface area (TPSA) is 109 Å². The van der Waals surface area contributed by atoms with E-state index in [1.54, 1.807) is 22.8 Å². The van der Waals surface area contributed by atoms with Gasteiger partial charge in [0.1, 0.15) is 0 Å². The van der Waals surface area contributed by atoms with Gasteiger partial charge in [0.2, 0.25) is 0 Å². The van der Waals surface area contributed by atoms with Gasteiger partial charge in [0.05, 0.1) is 0 Å². The predicted molar refractivity (Wildman–Crippen MR) is 122 cm³/mol. The molecule has 3 aromatic rings. The molecule has 1 aliphatic rings. The number of nitrogens with zero attached hydrogens (tertiary/aromatic N) is 5. The van der Waals surface area contributed by atoms with Crippen molar-refractivity contribution >= 4 is 71.1 Å². The molecule has 2 N–H and O–H groups in total. The Hall–Kier alpha value is -1.90. The average molecular weight is 558 g/mol. The van der Waals surface area contributed by atoms with Crippen molar-refractivity contribution in [1.29, 1.82) is 5.26 Å². The van der Waals surface area contributed by atoms with Crippen LogP contribution in [0.2, 0.25) is 5.02 Å². The van der Waals surface area contributed by atoms with E-state index in [-0.39, 0.29) is 17.6 Å². The summed E-state index contributed by atoms with van der Waals surface area (Å²) < 4.78 is 2.77. The summed E-state index contributed by atoms with van der Waals surface area (Å²) in [5, 5.41) is 17.0. The molecule has 3 heterocycles. The second-order valence-corrected chi connectivity index (χ2v) is 9.46. The van der Waals surface area contributed by atoms with E-state index >= 15 is 0 Å². The van der Waals surface area contributed by atoms with E-state index in [4.69, 9.17) is 16.6 Å².